The molecule has 1 aliphatic rings. The molecule has 2 unspecified atom stereocenters. The number of carbonyl (C=O) groups is 2. The van der Waals surface area contributed by atoms with Gasteiger partial charge in [-0.3, -0.25) is 4.79 Å². The summed E-state index contributed by atoms with van der Waals surface area (Å²) in [6.07, 6.45) is -0.0332. The maximum atomic E-state index is 12.4. The molecule has 6 nitrogen and oxygen atoms in total. The van der Waals surface area contributed by atoms with Crippen molar-refractivity contribution in [3.8, 4) is 9.88 Å². The van der Waals surface area contributed by atoms with Crippen molar-refractivity contribution in [2.75, 3.05) is 19.7 Å². The van der Waals surface area contributed by atoms with E-state index in [1.807, 2.05) is 44.2 Å². The van der Waals surface area contributed by atoms with E-state index in [2.05, 4.69) is 4.98 Å². The predicted octanol–water partition coefficient (Wildman–Crippen LogP) is 3.82. The zero-order valence-corrected chi connectivity index (χ0v) is 17.2. The Hall–Kier alpha value is -2.29. The Labute approximate surface area is 170 Å². The highest BCUT2D eigenvalue weighted by molar-refractivity contribution is 7.26. The van der Waals surface area contributed by atoms with Crippen LogP contribution in [0.4, 0.5) is 0 Å². The maximum Gasteiger partial charge on any atom is 0.348 e. The molecule has 0 aliphatic carbocycles. The number of benzene rings is 1. The van der Waals surface area contributed by atoms with Crippen LogP contribution in [0.3, 0.4) is 0 Å². The van der Waals surface area contributed by atoms with E-state index in [0.717, 1.165) is 20.1 Å². The summed E-state index contributed by atoms with van der Waals surface area (Å²) in [6.45, 7) is 4.63. The van der Waals surface area contributed by atoms with E-state index < -0.39 is 5.97 Å². The number of esters is 1. The number of fused-ring (bicyclic) bond motifs is 1. The van der Waals surface area contributed by atoms with E-state index in [0.29, 0.717) is 18.0 Å². The second-order valence-corrected chi connectivity index (χ2v) is 8.90. The van der Waals surface area contributed by atoms with E-state index in [4.69, 9.17) is 9.47 Å². The second-order valence-electron chi connectivity index (χ2n) is 6.78. The monoisotopic (exact) mass is 416 g/mol. The Morgan fingerprint density at radius 1 is 1.14 bits per heavy atom. The van der Waals surface area contributed by atoms with E-state index in [9.17, 15) is 9.59 Å². The number of morpholine rings is 1. The lowest BCUT2D eigenvalue weighted by Crippen LogP contribution is -2.49. The van der Waals surface area contributed by atoms with Crippen LogP contribution in [0.2, 0.25) is 0 Å². The molecule has 0 N–H and O–H groups in total. The van der Waals surface area contributed by atoms with Crippen molar-refractivity contribution in [3.63, 3.8) is 0 Å². The Morgan fingerprint density at radius 3 is 2.64 bits per heavy atom. The molecule has 0 saturated carbocycles. The molecule has 2 atom stereocenters. The van der Waals surface area contributed by atoms with Gasteiger partial charge in [-0.15, -0.1) is 22.7 Å². The van der Waals surface area contributed by atoms with Crippen molar-refractivity contribution in [2.24, 2.45) is 0 Å². The van der Waals surface area contributed by atoms with Gasteiger partial charge in [0.2, 0.25) is 0 Å². The van der Waals surface area contributed by atoms with Crippen molar-refractivity contribution in [1.29, 1.82) is 0 Å². The number of thiophene rings is 1. The Bertz CT molecular complexity index is 969. The Balaban J connectivity index is 1.38. The van der Waals surface area contributed by atoms with Gasteiger partial charge < -0.3 is 14.4 Å². The minimum Gasteiger partial charge on any atom is -0.451 e. The van der Waals surface area contributed by atoms with E-state index >= 15 is 0 Å². The number of para-hydroxylation sites is 1. The van der Waals surface area contributed by atoms with Gasteiger partial charge in [-0.25, -0.2) is 9.78 Å². The van der Waals surface area contributed by atoms with Gasteiger partial charge in [0.25, 0.3) is 5.91 Å². The number of carbonyl (C=O) groups excluding carboxylic acids is 2. The average Bonchev–Trinajstić information content (AvgIpc) is 3.31. The number of ether oxygens (including phenoxy) is 2. The number of hydrogen-bond acceptors (Lipinski definition) is 7. The van der Waals surface area contributed by atoms with Crippen LogP contribution in [0, 0.1) is 0 Å². The Kier molecular flexibility index (Phi) is 5.43. The summed E-state index contributed by atoms with van der Waals surface area (Å²) in [7, 11) is 0. The highest BCUT2D eigenvalue weighted by Crippen LogP contribution is 2.34. The fourth-order valence-corrected chi connectivity index (χ4v) is 5.13. The first-order valence-electron chi connectivity index (χ1n) is 9.06. The molecule has 0 spiro atoms. The first kappa shape index (κ1) is 19.0. The molecule has 1 aliphatic heterocycles. The summed E-state index contributed by atoms with van der Waals surface area (Å²) in [5.74, 6) is -0.682. The van der Waals surface area contributed by atoms with Crippen LogP contribution in [0.15, 0.2) is 36.4 Å². The van der Waals surface area contributed by atoms with Crippen LogP contribution in [-0.2, 0) is 14.3 Å². The normalized spacial score (nSPS) is 19.7. The van der Waals surface area contributed by atoms with Gasteiger partial charge in [0, 0.05) is 13.1 Å². The van der Waals surface area contributed by atoms with Crippen molar-refractivity contribution in [2.45, 2.75) is 26.1 Å². The summed E-state index contributed by atoms with van der Waals surface area (Å²) in [4.78, 5) is 32.4. The molecule has 1 aromatic carbocycles. The maximum absolute atomic E-state index is 12.4. The van der Waals surface area contributed by atoms with Gasteiger partial charge in [0.15, 0.2) is 6.61 Å². The minimum atomic E-state index is -0.486. The lowest BCUT2D eigenvalue weighted by molar-refractivity contribution is -0.146. The smallest absolute Gasteiger partial charge is 0.348 e. The molecule has 8 heteroatoms. The summed E-state index contributed by atoms with van der Waals surface area (Å²) >= 11 is 2.91. The van der Waals surface area contributed by atoms with Gasteiger partial charge in [-0.05, 0) is 38.1 Å². The number of thiazole rings is 1. The molecule has 28 heavy (non-hydrogen) atoms. The number of amides is 1. The summed E-state index contributed by atoms with van der Waals surface area (Å²) in [5.41, 5.74) is 0.944. The molecule has 0 bridgehead atoms. The first-order chi connectivity index (χ1) is 13.5. The van der Waals surface area contributed by atoms with Gasteiger partial charge >= 0.3 is 5.97 Å². The standard InChI is InChI=1S/C20H20N2O4S2/c1-12-9-22(10-13(2)26-12)18(23)11-25-20(24)17-8-7-16(27-17)19-21-14-5-3-4-6-15(14)28-19/h3-8,12-13H,9-11H2,1-2H3. The first-order valence-corrected chi connectivity index (χ1v) is 10.7. The molecule has 3 heterocycles. The topological polar surface area (TPSA) is 68.7 Å². The third-order valence-corrected chi connectivity index (χ3v) is 6.68. The molecule has 3 aromatic rings. The third-order valence-electron chi connectivity index (χ3n) is 4.41. The molecule has 1 amide bonds. The van der Waals surface area contributed by atoms with Gasteiger partial charge in [-0.1, -0.05) is 12.1 Å². The van der Waals surface area contributed by atoms with Gasteiger partial charge in [-0.2, -0.15) is 0 Å². The molecular formula is C20H20N2O4S2. The number of aromatic nitrogens is 1. The van der Waals surface area contributed by atoms with Gasteiger partial charge in [0.1, 0.15) is 9.88 Å². The molecule has 2 aromatic heterocycles. The number of nitrogens with zero attached hydrogens (tertiary/aromatic N) is 2. The molecule has 4 rings (SSSR count). The van der Waals surface area contributed by atoms with E-state index in [-0.39, 0.29) is 24.7 Å². The zero-order chi connectivity index (χ0) is 19.7. The van der Waals surface area contributed by atoms with Crippen LogP contribution >= 0.6 is 22.7 Å². The Morgan fingerprint density at radius 2 is 1.89 bits per heavy atom. The summed E-state index contributed by atoms with van der Waals surface area (Å²) in [6, 6.07) is 11.5. The van der Waals surface area contributed by atoms with E-state index in [1.165, 1.54) is 11.3 Å². The second kappa shape index (κ2) is 7.98. The largest absolute Gasteiger partial charge is 0.451 e. The fraction of sp³-hybridized carbons (Fsp3) is 0.350. The van der Waals surface area contributed by atoms with E-state index in [1.54, 1.807) is 22.3 Å². The quantitative estimate of drug-likeness (QED) is 0.605. The number of rotatable bonds is 4. The van der Waals surface area contributed by atoms with Crippen LogP contribution in [0.1, 0.15) is 23.5 Å². The molecule has 0 radical (unpaired) electrons. The fourth-order valence-electron chi connectivity index (χ4n) is 3.21. The molecule has 1 fully saturated rings. The third kappa shape index (κ3) is 4.09. The van der Waals surface area contributed by atoms with Crippen LogP contribution in [0.25, 0.3) is 20.1 Å². The minimum absolute atomic E-state index is 0.0166. The van der Waals surface area contributed by atoms with Crippen LogP contribution in [-0.4, -0.2) is 53.7 Å². The average molecular weight is 417 g/mol. The molecule has 146 valence electrons. The molecule has 1 saturated heterocycles. The predicted molar refractivity (Wildman–Crippen MR) is 110 cm³/mol. The summed E-state index contributed by atoms with van der Waals surface area (Å²) in [5, 5.41) is 0.873. The highest BCUT2D eigenvalue weighted by atomic mass is 32.1. The highest BCUT2D eigenvalue weighted by Gasteiger charge is 2.26. The van der Waals surface area contributed by atoms with Crippen molar-refractivity contribution in [1.82, 2.24) is 9.88 Å². The van der Waals surface area contributed by atoms with Crippen molar-refractivity contribution < 1.29 is 19.1 Å². The van der Waals surface area contributed by atoms with Crippen LogP contribution in [0.5, 0.6) is 0 Å². The lowest BCUT2D eigenvalue weighted by atomic mass is 10.2. The van der Waals surface area contributed by atoms with Gasteiger partial charge in [0.05, 0.1) is 27.3 Å². The van der Waals surface area contributed by atoms with Crippen molar-refractivity contribution in [3.05, 3.63) is 41.3 Å². The summed E-state index contributed by atoms with van der Waals surface area (Å²) < 4.78 is 12.0. The molecular weight excluding hydrogens is 396 g/mol. The van der Waals surface area contributed by atoms with Crippen LogP contribution < -0.4 is 0 Å². The number of hydrogen-bond donors (Lipinski definition) is 0. The van der Waals surface area contributed by atoms with Crippen molar-refractivity contribution >= 4 is 44.8 Å². The zero-order valence-electron chi connectivity index (χ0n) is 15.6. The lowest BCUT2D eigenvalue weighted by Gasteiger charge is -2.35. The SMILES string of the molecule is CC1CN(C(=O)COC(=O)c2ccc(-c3nc4ccccc4s3)s2)CC(C)O1.